The molecular weight excluding hydrogens is 254 g/mol. The van der Waals surface area contributed by atoms with Gasteiger partial charge < -0.3 is 5.11 Å². The van der Waals surface area contributed by atoms with E-state index in [0.717, 1.165) is 30.0 Å². The Balaban J connectivity index is 2.13. The zero-order chi connectivity index (χ0) is 13.6. The van der Waals surface area contributed by atoms with E-state index in [-0.39, 0.29) is 6.54 Å². The van der Waals surface area contributed by atoms with Gasteiger partial charge in [-0.1, -0.05) is 25.7 Å². The molecule has 1 heterocycles. The summed E-state index contributed by atoms with van der Waals surface area (Å²) in [5.41, 5.74) is -1.03. The number of carbonyl (C=O) groups is 1. The third kappa shape index (κ3) is 1.95. The molecule has 18 heavy (non-hydrogen) atoms. The number of rotatable bonds is 2. The lowest BCUT2D eigenvalue weighted by molar-refractivity contribution is -0.135. The smallest absolute Gasteiger partial charge is 0.258 e. The summed E-state index contributed by atoms with van der Waals surface area (Å²) in [5, 5.41) is 10.4. The first kappa shape index (κ1) is 13.8. The van der Waals surface area contributed by atoms with Gasteiger partial charge in [-0.05, 0) is 26.7 Å². The first-order chi connectivity index (χ1) is 8.21. The van der Waals surface area contributed by atoms with Crippen molar-refractivity contribution in [3.05, 3.63) is 0 Å². The minimum absolute atomic E-state index is 0.0718. The average molecular weight is 275 g/mol. The summed E-state index contributed by atoms with van der Waals surface area (Å²) in [6.07, 6.45) is 5.06. The zero-order valence-electron chi connectivity index (χ0n) is 11.0. The molecule has 0 bridgehead atoms. The Morgan fingerprint density at radius 2 is 1.67 bits per heavy atom. The van der Waals surface area contributed by atoms with Crippen LogP contribution < -0.4 is 0 Å². The molecule has 1 aliphatic carbocycles. The van der Waals surface area contributed by atoms with E-state index in [1.54, 1.807) is 0 Å². The molecule has 1 aliphatic heterocycles. The number of carbonyl (C=O) groups excluding carboxylic acids is 1. The summed E-state index contributed by atoms with van der Waals surface area (Å²) in [7, 11) is -3.58. The molecule has 6 heteroatoms. The lowest BCUT2D eigenvalue weighted by Crippen LogP contribution is -2.69. The fourth-order valence-corrected chi connectivity index (χ4v) is 4.33. The molecular formula is C12H21NO4S. The first-order valence-corrected chi connectivity index (χ1v) is 7.94. The van der Waals surface area contributed by atoms with Crippen LogP contribution in [0.3, 0.4) is 0 Å². The highest BCUT2D eigenvalue weighted by Crippen LogP contribution is 2.38. The fraction of sp³-hybridized carbons (Fsp3) is 0.917. The largest absolute Gasteiger partial charge is 0.388 e. The predicted molar refractivity (Wildman–Crippen MR) is 67.4 cm³/mol. The molecule has 5 nitrogen and oxygen atoms in total. The van der Waals surface area contributed by atoms with Crippen molar-refractivity contribution in [3.8, 4) is 0 Å². The van der Waals surface area contributed by atoms with Crippen LogP contribution in [0.4, 0.5) is 0 Å². The molecule has 1 saturated heterocycles. The van der Waals surface area contributed by atoms with Crippen LogP contribution >= 0.6 is 0 Å². The van der Waals surface area contributed by atoms with Gasteiger partial charge in [0.1, 0.15) is 0 Å². The zero-order valence-corrected chi connectivity index (χ0v) is 11.8. The summed E-state index contributed by atoms with van der Waals surface area (Å²) < 4.78 is 23.5. The van der Waals surface area contributed by atoms with Crippen molar-refractivity contribution in [1.29, 1.82) is 0 Å². The Hall–Kier alpha value is -0.620. The first-order valence-electron chi connectivity index (χ1n) is 6.50. The number of hydrogen-bond acceptors (Lipinski definition) is 4. The van der Waals surface area contributed by atoms with E-state index in [9.17, 15) is 18.3 Å². The van der Waals surface area contributed by atoms with Gasteiger partial charge >= 0.3 is 0 Å². The molecule has 0 aromatic carbocycles. The summed E-state index contributed by atoms with van der Waals surface area (Å²) >= 11 is 0. The third-order valence-corrected chi connectivity index (χ3v) is 6.49. The maximum atomic E-state index is 12.0. The van der Waals surface area contributed by atoms with Gasteiger partial charge in [-0.3, -0.25) is 4.79 Å². The number of hydrogen-bond donors (Lipinski definition) is 1. The Morgan fingerprint density at radius 1 is 1.17 bits per heavy atom. The molecule has 1 amide bonds. The second kappa shape index (κ2) is 4.20. The normalized spacial score (nSPS) is 29.5. The molecule has 0 spiro atoms. The average Bonchev–Trinajstić information content (AvgIpc) is 2.50. The van der Waals surface area contributed by atoms with Crippen LogP contribution in [-0.4, -0.2) is 40.6 Å². The predicted octanol–water partition coefficient (Wildman–Crippen LogP) is 1.02. The molecule has 0 radical (unpaired) electrons. The minimum Gasteiger partial charge on any atom is -0.388 e. The van der Waals surface area contributed by atoms with E-state index in [4.69, 9.17) is 0 Å². The van der Waals surface area contributed by atoms with Crippen LogP contribution in [0.15, 0.2) is 0 Å². The van der Waals surface area contributed by atoms with Gasteiger partial charge in [-0.15, -0.1) is 0 Å². The standard InChI is InChI=1S/C12H21NO4S/c1-11(2)10(14)13(18(11,16)17)9-12(15)7-5-3-4-6-8-12/h15H,3-9H2,1-2H3. The van der Waals surface area contributed by atoms with Crippen LogP contribution in [0.1, 0.15) is 52.4 Å². The fourth-order valence-electron chi connectivity index (χ4n) is 2.73. The van der Waals surface area contributed by atoms with Crippen LogP contribution in [-0.2, 0) is 14.8 Å². The molecule has 0 unspecified atom stereocenters. The number of amides is 1. The van der Waals surface area contributed by atoms with Gasteiger partial charge in [0.15, 0.2) is 4.75 Å². The van der Waals surface area contributed by atoms with E-state index < -0.39 is 26.3 Å². The molecule has 2 fully saturated rings. The monoisotopic (exact) mass is 275 g/mol. The summed E-state index contributed by atoms with van der Waals surface area (Å²) in [6.45, 7) is 2.76. The van der Waals surface area contributed by atoms with Crippen LogP contribution in [0.25, 0.3) is 0 Å². The van der Waals surface area contributed by atoms with Crippen molar-refractivity contribution >= 4 is 15.9 Å². The van der Waals surface area contributed by atoms with Gasteiger partial charge in [-0.25, -0.2) is 12.7 Å². The highest BCUT2D eigenvalue weighted by atomic mass is 32.2. The van der Waals surface area contributed by atoms with Gasteiger partial charge in [0.25, 0.3) is 15.9 Å². The molecule has 0 aromatic heterocycles. The topological polar surface area (TPSA) is 74.7 Å². The number of nitrogens with zero attached hydrogens (tertiary/aromatic N) is 1. The lowest BCUT2D eigenvalue weighted by atomic mass is 9.94. The van der Waals surface area contributed by atoms with E-state index in [2.05, 4.69) is 0 Å². The third-order valence-electron chi connectivity index (χ3n) is 4.15. The van der Waals surface area contributed by atoms with E-state index in [0.29, 0.717) is 12.8 Å². The molecule has 104 valence electrons. The number of aliphatic hydroxyl groups is 1. The molecule has 1 N–H and O–H groups in total. The Kier molecular flexibility index (Phi) is 3.22. The summed E-state index contributed by atoms with van der Waals surface area (Å²) in [6, 6.07) is 0. The van der Waals surface area contributed by atoms with Gasteiger partial charge in [-0.2, -0.15) is 0 Å². The van der Waals surface area contributed by atoms with Gasteiger partial charge in [0.2, 0.25) is 0 Å². The van der Waals surface area contributed by atoms with Crippen molar-refractivity contribution in [2.75, 3.05) is 6.54 Å². The van der Waals surface area contributed by atoms with E-state index in [1.807, 2.05) is 0 Å². The lowest BCUT2D eigenvalue weighted by Gasteiger charge is -2.46. The summed E-state index contributed by atoms with van der Waals surface area (Å²) in [4.78, 5) is 11.8. The molecule has 0 atom stereocenters. The van der Waals surface area contributed by atoms with Crippen molar-refractivity contribution in [2.24, 2.45) is 0 Å². The van der Waals surface area contributed by atoms with Gasteiger partial charge in [0, 0.05) is 0 Å². The maximum absolute atomic E-state index is 12.0. The van der Waals surface area contributed by atoms with Crippen LogP contribution in [0, 0.1) is 0 Å². The van der Waals surface area contributed by atoms with Gasteiger partial charge in [0.05, 0.1) is 12.1 Å². The molecule has 1 saturated carbocycles. The summed E-state index contributed by atoms with van der Waals surface area (Å²) in [5.74, 6) is -0.403. The number of sulfonamides is 1. The second-order valence-electron chi connectivity index (χ2n) is 5.97. The molecule has 2 aliphatic rings. The van der Waals surface area contributed by atoms with Crippen molar-refractivity contribution in [3.63, 3.8) is 0 Å². The van der Waals surface area contributed by atoms with Crippen molar-refractivity contribution in [1.82, 2.24) is 4.31 Å². The molecule has 0 aromatic rings. The quantitative estimate of drug-likeness (QED) is 0.764. The Bertz CT molecular complexity index is 447. The Morgan fingerprint density at radius 3 is 2.11 bits per heavy atom. The molecule has 2 rings (SSSR count). The van der Waals surface area contributed by atoms with Crippen LogP contribution in [0.2, 0.25) is 0 Å². The SMILES string of the molecule is CC1(C)C(=O)N(CC2(O)CCCCCC2)S1(=O)=O. The highest BCUT2D eigenvalue weighted by Gasteiger charge is 2.61. The van der Waals surface area contributed by atoms with E-state index in [1.165, 1.54) is 13.8 Å². The minimum atomic E-state index is -3.58. The van der Waals surface area contributed by atoms with E-state index >= 15 is 0 Å². The number of β-amino-alcohol motifs (C(OH)–C–C–N with tert-alkyl or cyclic N) is 1. The Labute approximate surface area is 108 Å². The highest BCUT2D eigenvalue weighted by molar-refractivity contribution is 7.94. The van der Waals surface area contributed by atoms with Crippen LogP contribution in [0.5, 0.6) is 0 Å². The second-order valence-corrected chi connectivity index (χ2v) is 8.38. The van der Waals surface area contributed by atoms with Crippen molar-refractivity contribution < 1.29 is 18.3 Å². The maximum Gasteiger partial charge on any atom is 0.258 e. The van der Waals surface area contributed by atoms with Crippen molar-refractivity contribution in [2.45, 2.75) is 62.7 Å².